The van der Waals surface area contributed by atoms with Crippen LogP contribution >= 0.6 is 11.8 Å². The van der Waals surface area contributed by atoms with Crippen molar-refractivity contribution in [1.82, 2.24) is 9.80 Å². The maximum absolute atomic E-state index is 13.0. The predicted molar refractivity (Wildman–Crippen MR) is 117 cm³/mol. The Morgan fingerprint density at radius 2 is 2.10 bits per heavy atom. The molecule has 1 fully saturated rings. The molecule has 3 rings (SSSR count). The molecule has 2 aliphatic rings. The number of allylic oxidation sites excluding steroid dienone is 1. The van der Waals surface area contributed by atoms with Gasteiger partial charge in [-0.3, -0.25) is 0 Å². The fraction of sp³-hybridized carbons (Fsp3) is 0.476. The molecular formula is C21H28N4O3S. The number of rotatable bonds is 4. The highest BCUT2D eigenvalue weighted by Gasteiger charge is 2.38. The lowest BCUT2D eigenvalue weighted by Crippen LogP contribution is -2.42. The molecule has 29 heavy (non-hydrogen) atoms. The summed E-state index contributed by atoms with van der Waals surface area (Å²) in [4.78, 5) is 33.4. The average Bonchev–Trinajstić information content (AvgIpc) is 2.66. The zero-order chi connectivity index (χ0) is 21.1. The number of anilines is 1. The Morgan fingerprint density at radius 1 is 1.34 bits per heavy atom. The summed E-state index contributed by atoms with van der Waals surface area (Å²) in [5, 5.41) is 3.81. The second-order valence-electron chi connectivity index (χ2n) is 7.60. The van der Waals surface area contributed by atoms with Crippen LogP contribution in [0.15, 0.2) is 40.5 Å². The van der Waals surface area contributed by atoms with Gasteiger partial charge in [0.25, 0.3) is 0 Å². The van der Waals surface area contributed by atoms with Crippen LogP contribution in [0.1, 0.15) is 38.8 Å². The number of nitrogens with zero attached hydrogens (tertiary/aromatic N) is 3. The SMILES string of the molecule is CC1=C(C(=O)OC(C)C)[C@H](c2cccc(NC(=O)N(C)C)c2)N2CCCSC2=N1. The van der Waals surface area contributed by atoms with Gasteiger partial charge in [0.15, 0.2) is 5.17 Å². The Morgan fingerprint density at radius 3 is 2.79 bits per heavy atom. The molecule has 1 N–H and O–H groups in total. The van der Waals surface area contributed by atoms with E-state index in [1.165, 1.54) is 4.90 Å². The largest absolute Gasteiger partial charge is 0.459 e. The molecule has 2 amide bonds. The summed E-state index contributed by atoms with van der Waals surface area (Å²) in [6.07, 6.45) is 0.804. The van der Waals surface area contributed by atoms with Crippen molar-refractivity contribution >= 4 is 34.6 Å². The van der Waals surface area contributed by atoms with Gasteiger partial charge in [0.05, 0.1) is 23.4 Å². The van der Waals surface area contributed by atoms with Crippen molar-refractivity contribution in [3.8, 4) is 0 Å². The molecule has 7 nitrogen and oxygen atoms in total. The number of hydrogen-bond donors (Lipinski definition) is 1. The second-order valence-corrected chi connectivity index (χ2v) is 8.66. The molecule has 0 bridgehead atoms. The van der Waals surface area contributed by atoms with Crippen LogP contribution in [0.3, 0.4) is 0 Å². The maximum atomic E-state index is 13.0. The highest BCUT2D eigenvalue weighted by atomic mass is 32.2. The van der Waals surface area contributed by atoms with Gasteiger partial charge in [-0.05, 0) is 44.9 Å². The molecule has 1 aromatic carbocycles. The number of hydrogen-bond acceptors (Lipinski definition) is 6. The van der Waals surface area contributed by atoms with Crippen LogP contribution in [0.25, 0.3) is 0 Å². The number of amidine groups is 1. The van der Waals surface area contributed by atoms with Gasteiger partial charge >= 0.3 is 12.0 Å². The van der Waals surface area contributed by atoms with Crippen molar-refractivity contribution in [3.63, 3.8) is 0 Å². The van der Waals surface area contributed by atoms with Gasteiger partial charge in [0.1, 0.15) is 0 Å². The van der Waals surface area contributed by atoms with Crippen molar-refractivity contribution in [2.24, 2.45) is 4.99 Å². The zero-order valence-electron chi connectivity index (χ0n) is 17.6. The van der Waals surface area contributed by atoms with Crippen molar-refractivity contribution in [3.05, 3.63) is 41.1 Å². The number of carbonyl (C=O) groups is 2. The molecule has 0 radical (unpaired) electrons. The lowest BCUT2D eigenvalue weighted by atomic mass is 9.94. The molecule has 0 aliphatic carbocycles. The third-order valence-electron chi connectivity index (χ3n) is 4.68. The number of benzene rings is 1. The van der Waals surface area contributed by atoms with Crippen LogP contribution in [-0.2, 0) is 9.53 Å². The van der Waals surface area contributed by atoms with E-state index < -0.39 is 0 Å². The van der Waals surface area contributed by atoms with Gasteiger partial charge in [-0.2, -0.15) is 0 Å². The van der Waals surface area contributed by atoms with E-state index >= 15 is 0 Å². The monoisotopic (exact) mass is 416 g/mol. The number of aliphatic imine (C=N–C) groups is 1. The van der Waals surface area contributed by atoms with E-state index in [1.54, 1.807) is 25.9 Å². The topological polar surface area (TPSA) is 74.2 Å². The van der Waals surface area contributed by atoms with Gasteiger partial charge in [-0.25, -0.2) is 14.6 Å². The van der Waals surface area contributed by atoms with Crippen molar-refractivity contribution in [2.45, 2.75) is 39.3 Å². The van der Waals surface area contributed by atoms with E-state index in [0.29, 0.717) is 17.0 Å². The molecule has 0 unspecified atom stereocenters. The summed E-state index contributed by atoms with van der Waals surface area (Å²) in [6.45, 7) is 6.36. The number of fused-ring (bicyclic) bond motifs is 1. The first-order valence-corrected chi connectivity index (χ1v) is 10.7. The van der Waals surface area contributed by atoms with Crippen molar-refractivity contribution in [1.29, 1.82) is 0 Å². The zero-order valence-corrected chi connectivity index (χ0v) is 18.4. The minimum absolute atomic E-state index is 0.201. The first-order valence-electron chi connectivity index (χ1n) is 9.76. The third kappa shape index (κ3) is 4.75. The molecule has 0 saturated carbocycles. The van der Waals surface area contributed by atoms with Crippen molar-refractivity contribution < 1.29 is 14.3 Å². The first-order chi connectivity index (χ1) is 13.8. The molecule has 0 spiro atoms. The Kier molecular flexibility index (Phi) is 6.52. The van der Waals surface area contributed by atoms with Gasteiger partial charge in [0, 0.05) is 32.1 Å². The van der Waals surface area contributed by atoms with Crippen LogP contribution in [0.5, 0.6) is 0 Å². The van der Waals surface area contributed by atoms with Gasteiger partial charge in [-0.15, -0.1) is 0 Å². The van der Waals surface area contributed by atoms with E-state index in [1.807, 2.05) is 45.0 Å². The van der Waals surface area contributed by atoms with Crippen LogP contribution in [0.2, 0.25) is 0 Å². The van der Waals surface area contributed by atoms with Crippen molar-refractivity contribution in [2.75, 3.05) is 31.7 Å². The van der Waals surface area contributed by atoms with E-state index in [0.717, 1.165) is 29.4 Å². The Balaban J connectivity index is 2.02. The van der Waals surface area contributed by atoms with Gasteiger partial charge < -0.3 is 19.9 Å². The Labute approximate surface area is 176 Å². The van der Waals surface area contributed by atoms with E-state index in [2.05, 4.69) is 10.2 Å². The number of carbonyl (C=O) groups excluding carboxylic acids is 2. The summed E-state index contributed by atoms with van der Waals surface area (Å²) in [5.41, 5.74) is 2.85. The molecule has 1 saturated heterocycles. The number of amides is 2. The van der Waals surface area contributed by atoms with E-state index in [9.17, 15) is 9.59 Å². The van der Waals surface area contributed by atoms with Crippen LogP contribution < -0.4 is 5.32 Å². The summed E-state index contributed by atoms with van der Waals surface area (Å²) < 4.78 is 5.54. The summed E-state index contributed by atoms with van der Waals surface area (Å²) >= 11 is 1.71. The molecule has 1 atom stereocenters. The quantitative estimate of drug-likeness (QED) is 0.755. The fourth-order valence-corrected chi connectivity index (χ4v) is 4.40. The number of nitrogens with one attached hydrogen (secondary N) is 1. The molecule has 0 aromatic heterocycles. The van der Waals surface area contributed by atoms with Crippen LogP contribution in [0, 0.1) is 0 Å². The van der Waals surface area contributed by atoms with Crippen LogP contribution in [0.4, 0.5) is 10.5 Å². The maximum Gasteiger partial charge on any atom is 0.338 e. The lowest BCUT2D eigenvalue weighted by Gasteiger charge is -2.40. The number of esters is 1. The highest BCUT2D eigenvalue weighted by molar-refractivity contribution is 8.13. The number of ether oxygens (including phenoxy) is 1. The van der Waals surface area contributed by atoms with Gasteiger partial charge in [-0.1, -0.05) is 23.9 Å². The lowest BCUT2D eigenvalue weighted by molar-refractivity contribution is -0.143. The summed E-state index contributed by atoms with van der Waals surface area (Å²) in [7, 11) is 3.39. The number of urea groups is 1. The smallest absolute Gasteiger partial charge is 0.338 e. The molecule has 156 valence electrons. The molecule has 2 aliphatic heterocycles. The minimum Gasteiger partial charge on any atom is -0.459 e. The summed E-state index contributed by atoms with van der Waals surface area (Å²) in [5.74, 6) is 0.670. The minimum atomic E-state index is -0.344. The van der Waals surface area contributed by atoms with Gasteiger partial charge in [0.2, 0.25) is 0 Å². The summed E-state index contributed by atoms with van der Waals surface area (Å²) in [6, 6.07) is 7.14. The molecular weight excluding hydrogens is 388 g/mol. The second kappa shape index (κ2) is 8.90. The molecule has 1 aromatic rings. The standard InChI is InChI=1S/C21H28N4O3S/c1-13(2)28-19(26)17-14(3)22-21-25(10-7-11-29-21)18(17)15-8-6-9-16(12-15)23-20(27)24(4)5/h6,8-9,12-13,18H,7,10-11H2,1-5H3,(H,23,27)/t18-/m0/s1. The Hall–Kier alpha value is -2.48. The predicted octanol–water partition coefficient (Wildman–Crippen LogP) is 3.86. The molecule has 8 heteroatoms. The van der Waals surface area contributed by atoms with E-state index in [-0.39, 0.29) is 24.1 Å². The fourth-order valence-electron chi connectivity index (χ4n) is 3.38. The third-order valence-corrected chi connectivity index (χ3v) is 5.76. The Bertz CT molecular complexity index is 863. The van der Waals surface area contributed by atoms with E-state index in [4.69, 9.17) is 9.73 Å². The normalized spacial score (nSPS) is 18.9. The van der Waals surface area contributed by atoms with Crippen LogP contribution in [-0.4, -0.2) is 59.5 Å². The first kappa shape index (κ1) is 21.2. The number of thioether (sulfide) groups is 1. The average molecular weight is 417 g/mol. The highest BCUT2D eigenvalue weighted by Crippen LogP contribution is 2.40. The molecule has 2 heterocycles.